The molecule has 0 saturated heterocycles. The standard InChI is InChI=1S/C20H23N3O3S/c1-25-12-13-26-11-9-21-20(24)17-6-2-3-7-18(17)27-15-16-14-23-10-5-4-8-19(23)22-16/h2-8,10,14H,9,11-13,15H2,1H3,(H,21,24). The summed E-state index contributed by atoms with van der Waals surface area (Å²) in [6.07, 6.45) is 4.00. The molecule has 0 fully saturated rings. The fourth-order valence-corrected chi connectivity index (χ4v) is 3.50. The third-order valence-corrected chi connectivity index (χ3v) is 4.99. The molecule has 0 unspecified atom stereocenters. The van der Waals surface area contributed by atoms with Crippen molar-refractivity contribution in [3.05, 3.63) is 66.1 Å². The Balaban J connectivity index is 1.55. The fraction of sp³-hybridized carbons (Fsp3) is 0.300. The summed E-state index contributed by atoms with van der Waals surface area (Å²) < 4.78 is 12.3. The van der Waals surface area contributed by atoms with Crippen molar-refractivity contribution >= 4 is 23.3 Å². The van der Waals surface area contributed by atoms with E-state index in [0.717, 1.165) is 16.2 Å². The van der Waals surface area contributed by atoms with Crippen LogP contribution in [0.5, 0.6) is 0 Å². The number of nitrogens with zero attached hydrogens (tertiary/aromatic N) is 2. The van der Waals surface area contributed by atoms with E-state index in [9.17, 15) is 4.79 Å². The van der Waals surface area contributed by atoms with E-state index < -0.39 is 0 Å². The Morgan fingerprint density at radius 1 is 1.15 bits per heavy atom. The summed E-state index contributed by atoms with van der Waals surface area (Å²) in [6, 6.07) is 13.5. The van der Waals surface area contributed by atoms with Crippen molar-refractivity contribution in [3.8, 4) is 0 Å². The number of nitrogens with one attached hydrogen (secondary N) is 1. The number of carbonyl (C=O) groups excluding carboxylic acids is 1. The van der Waals surface area contributed by atoms with E-state index >= 15 is 0 Å². The molecule has 0 aliphatic heterocycles. The zero-order chi connectivity index (χ0) is 18.9. The van der Waals surface area contributed by atoms with Crippen LogP contribution in [-0.2, 0) is 15.2 Å². The molecule has 0 atom stereocenters. The lowest BCUT2D eigenvalue weighted by Crippen LogP contribution is -2.28. The molecule has 27 heavy (non-hydrogen) atoms. The van der Waals surface area contributed by atoms with Crippen LogP contribution in [0.25, 0.3) is 5.65 Å². The number of hydrogen-bond donors (Lipinski definition) is 1. The van der Waals surface area contributed by atoms with Gasteiger partial charge in [0.15, 0.2) is 0 Å². The number of aromatic nitrogens is 2. The van der Waals surface area contributed by atoms with Gasteiger partial charge in [0.05, 0.1) is 31.1 Å². The highest BCUT2D eigenvalue weighted by Gasteiger charge is 2.12. The first-order valence-corrected chi connectivity index (χ1v) is 9.76. The van der Waals surface area contributed by atoms with Crippen LogP contribution in [-0.4, -0.2) is 48.8 Å². The summed E-state index contributed by atoms with van der Waals surface area (Å²) >= 11 is 1.61. The van der Waals surface area contributed by atoms with Crippen LogP contribution in [0.3, 0.4) is 0 Å². The number of methoxy groups -OCH3 is 1. The Morgan fingerprint density at radius 3 is 2.85 bits per heavy atom. The maximum Gasteiger partial charge on any atom is 0.252 e. The number of pyridine rings is 1. The number of rotatable bonds is 10. The van der Waals surface area contributed by atoms with E-state index in [1.165, 1.54) is 0 Å². The lowest BCUT2D eigenvalue weighted by molar-refractivity contribution is 0.0692. The predicted octanol–water partition coefficient (Wildman–Crippen LogP) is 3.02. The minimum atomic E-state index is -0.0940. The monoisotopic (exact) mass is 385 g/mol. The normalized spacial score (nSPS) is 11.0. The molecule has 7 heteroatoms. The molecule has 0 aliphatic carbocycles. The fourth-order valence-electron chi connectivity index (χ4n) is 2.56. The minimum absolute atomic E-state index is 0.0940. The number of carbonyl (C=O) groups is 1. The van der Waals surface area contributed by atoms with Gasteiger partial charge in [-0.2, -0.15) is 0 Å². The summed E-state index contributed by atoms with van der Waals surface area (Å²) in [4.78, 5) is 18.0. The van der Waals surface area contributed by atoms with Crippen LogP contribution < -0.4 is 5.32 Å². The second-order valence-electron chi connectivity index (χ2n) is 5.84. The molecular weight excluding hydrogens is 362 g/mol. The Hall–Kier alpha value is -2.35. The maximum absolute atomic E-state index is 12.5. The highest BCUT2D eigenvalue weighted by molar-refractivity contribution is 7.98. The van der Waals surface area contributed by atoms with Crippen molar-refractivity contribution in [2.24, 2.45) is 0 Å². The van der Waals surface area contributed by atoms with Gasteiger partial charge in [-0.25, -0.2) is 4.98 Å². The first kappa shape index (κ1) is 19.4. The average molecular weight is 385 g/mol. The van der Waals surface area contributed by atoms with Gasteiger partial charge in [0.2, 0.25) is 0 Å². The summed E-state index contributed by atoms with van der Waals surface area (Å²) in [5, 5.41) is 2.90. The molecular formula is C20H23N3O3S. The lowest BCUT2D eigenvalue weighted by Gasteiger charge is -2.10. The quantitative estimate of drug-likeness (QED) is 0.429. The van der Waals surface area contributed by atoms with E-state index in [1.54, 1.807) is 18.9 Å². The van der Waals surface area contributed by atoms with Gasteiger partial charge in [0.25, 0.3) is 5.91 Å². The molecule has 0 spiro atoms. The third kappa shape index (κ3) is 5.56. The zero-order valence-electron chi connectivity index (χ0n) is 15.3. The van der Waals surface area contributed by atoms with Gasteiger partial charge < -0.3 is 19.2 Å². The molecule has 0 bridgehead atoms. The van der Waals surface area contributed by atoms with Gasteiger partial charge >= 0.3 is 0 Å². The van der Waals surface area contributed by atoms with Crippen molar-refractivity contribution < 1.29 is 14.3 Å². The summed E-state index contributed by atoms with van der Waals surface area (Å²) in [7, 11) is 1.63. The molecule has 2 heterocycles. The highest BCUT2D eigenvalue weighted by atomic mass is 32.2. The van der Waals surface area contributed by atoms with Gasteiger partial charge in [0, 0.05) is 36.7 Å². The summed E-state index contributed by atoms with van der Waals surface area (Å²) in [5.41, 5.74) is 2.57. The Bertz CT molecular complexity index is 849. The first-order valence-electron chi connectivity index (χ1n) is 8.77. The minimum Gasteiger partial charge on any atom is -0.382 e. The van der Waals surface area contributed by atoms with Crippen molar-refractivity contribution in [1.82, 2.24) is 14.7 Å². The van der Waals surface area contributed by atoms with Gasteiger partial charge in [0.1, 0.15) is 5.65 Å². The molecule has 0 radical (unpaired) electrons. The summed E-state index contributed by atoms with van der Waals surface area (Å²) in [6.45, 7) is 2.01. The second-order valence-corrected chi connectivity index (χ2v) is 6.86. The molecule has 0 aliphatic rings. The Morgan fingerprint density at radius 2 is 2.00 bits per heavy atom. The molecule has 1 amide bonds. The van der Waals surface area contributed by atoms with Crippen molar-refractivity contribution in [3.63, 3.8) is 0 Å². The van der Waals surface area contributed by atoms with Gasteiger partial charge in [-0.15, -0.1) is 11.8 Å². The predicted molar refractivity (Wildman–Crippen MR) is 106 cm³/mol. The van der Waals surface area contributed by atoms with E-state index in [-0.39, 0.29) is 5.91 Å². The number of thioether (sulfide) groups is 1. The largest absolute Gasteiger partial charge is 0.382 e. The molecule has 3 rings (SSSR count). The van der Waals surface area contributed by atoms with Crippen molar-refractivity contribution in [2.75, 3.05) is 33.5 Å². The summed E-state index contributed by atoms with van der Waals surface area (Å²) in [5.74, 6) is 0.606. The third-order valence-electron chi connectivity index (χ3n) is 3.88. The SMILES string of the molecule is COCCOCCNC(=O)c1ccccc1SCc1cn2ccccc2n1. The molecule has 1 aromatic carbocycles. The van der Waals surface area contributed by atoms with E-state index in [1.807, 2.05) is 59.3 Å². The lowest BCUT2D eigenvalue weighted by atomic mass is 10.2. The number of fused-ring (bicyclic) bond motifs is 1. The molecule has 6 nitrogen and oxygen atoms in total. The van der Waals surface area contributed by atoms with Crippen LogP contribution in [0.15, 0.2) is 59.8 Å². The smallest absolute Gasteiger partial charge is 0.252 e. The number of hydrogen-bond acceptors (Lipinski definition) is 5. The molecule has 142 valence electrons. The van der Waals surface area contributed by atoms with Gasteiger partial charge in [-0.1, -0.05) is 18.2 Å². The van der Waals surface area contributed by atoms with Crippen LogP contribution in [0.1, 0.15) is 16.1 Å². The van der Waals surface area contributed by atoms with Crippen LogP contribution >= 0.6 is 11.8 Å². The molecule has 2 aromatic heterocycles. The van der Waals surface area contributed by atoms with E-state index in [2.05, 4.69) is 10.3 Å². The second kappa shape index (κ2) is 10.1. The number of benzene rings is 1. The molecule has 1 N–H and O–H groups in total. The van der Waals surface area contributed by atoms with Crippen LogP contribution in [0.2, 0.25) is 0 Å². The van der Waals surface area contributed by atoms with Crippen molar-refractivity contribution in [2.45, 2.75) is 10.6 Å². The Labute approximate surface area is 162 Å². The maximum atomic E-state index is 12.5. The number of imidazole rings is 1. The first-order chi connectivity index (χ1) is 13.3. The van der Waals surface area contributed by atoms with Gasteiger partial charge in [-0.05, 0) is 24.3 Å². The van der Waals surface area contributed by atoms with Crippen LogP contribution in [0.4, 0.5) is 0 Å². The molecule has 3 aromatic rings. The zero-order valence-corrected chi connectivity index (χ0v) is 16.1. The number of ether oxygens (including phenoxy) is 2. The highest BCUT2D eigenvalue weighted by Crippen LogP contribution is 2.26. The molecule has 0 saturated carbocycles. The van der Waals surface area contributed by atoms with Gasteiger partial charge in [-0.3, -0.25) is 4.79 Å². The average Bonchev–Trinajstić information content (AvgIpc) is 3.12. The van der Waals surface area contributed by atoms with E-state index in [4.69, 9.17) is 9.47 Å². The van der Waals surface area contributed by atoms with Crippen molar-refractivity contribution in [1.29, 1.82) is 0 Å². The Kier molecular flexibility index (Phi) is 7.27. The van der Waals surface area contributed by atoms with E-state index in [0.29, 0.717) is 37.7 Å². The topological polar surface area (TPSA) is 64.9 Å². The van der Waals surface area contributed by atoms with Crippen LogP contribution in [0, 0.1) is 0 Å². The number of amides is 1.